The van der Waals surface area contributed by atoms with Gasteiger partial charge in [0.1, 0.15) is 23.2 Å². The van der Waals surface area contributed by atoms with Gasteiger partial charge in [0, 0.05) is 12.1 Å². The van der Waals surface area contributed by atoms with Crippen molar-refractivity contribution >= 4 is 29.1 Å². The van der Waals surface area contributed by atoms with Gasteiger partial charge < -0.3 is 4.90 Å². The molecule has 0 radical (unpaired) electrons. The van der Waals surface area contributed by atoms with Gasteiger partial charge in [0.15, 0.2) is 6.16 Å². The standard InChI is InChI=1S/C26H31NOP/c1-21(2)27(22(3)4)26(28)20-29(23-14-8-5-9-15-23,24-16-10-6-11-17-24)25-18-12-7-13-19-25/h5-19,21-22H,20H2,1-4H3/q+1. The van der Waals surface area contributed by atoms with E-state index in [9.17, 15) is 4.79 Å². The molecule has 3 aromatic carbocycles. The first-order valence-electron chi connectivity index (χ1n) is 10.3. The van der Waals surface area contributed by atoms with Gasteiger partial charge in [0.05, 0.1) is 0 Å². The number of nitrogens with zero attached hydrogens (tertiary/aromatic N) is 1. The van der Waals surface area contributed by atoms with E-state index < -0.39 is 7.26 Å². The topological polar surface area (TPSA) is 20.3 Å². The largest absolute Gasteiger partial charge is 0.335 e. The SMILES string of the molecule is CC(C)N(C(=O)C[P+](c1ccccc1)(c1ccccc1)c1ccccc1)C(C)C. The van der Waals surface area contributed by atoms with Crippen LogP contribution in [0.2, 0.25) is 0 Å². The van der Waals surface area contributed by atoms with Crippen LogP contribution >= 0.6 is 7.26 Å². The lowest BCUT2D eigenvalue weighted by molar-refractivity contribution is -0.131. The molecule has 0 saturated carbocycles. The molecule has 3 rings (SSSR count). The fourth-order valence-corrected chi connectivity index (χ4v) is 8.28. The van der Waals surface area contributed by atoms with Crippen molar-refractivity contribution in [1.29, 1.82) is 0 Å². The Kier molecular flexibility index (Phi) is 6.87. The molecule has 0 fully saturated rings. The van der Waals surface area contributed by atoms with Crippen LogP contribution in [-0.4, -0.2) is 29.1 Å². The fourth-order valence-electron chi connectivity index (χ4n) is 4.23. The predicted octanol–water partition coefficient (Wildman–Crippen LogP) is 4.63. The highest BCUT2D eigenvalue weighted by Gasteiger charge is 2.48. The number of rotatable bonds is 7. The maximum absolute atomic E-state index is 13.7. The quantitative estimate of drug-likeness (QED) is 0.526. The van der Waals surface area contributed by atoms with Gasteiger partial charge >= 0.3 is 0 Å². The van der Waals surface area contributed by atoms with Crippen LogP contribution in [0, 0.1) is 0 Å². The highest BCUT2D eigenvalue weighted by molar-refractivity contribution is 7.96. The lowest BCUT2D eigenvalue weighted by atomic mass is 10.2. The molecule has 1 amide bonds. The molecule has 150 valence electrons. The zero-order chi connectivity index (χ0) is 20.9. The van der Waals surface area contributed by atoms with Crippen molar-refractivity contribution in [2.75, 3.05) is 6.16 Å². The van der Waals surface area contributed by atoms with Crippen molar-refractivity contribution < 1.29 is 4.79 Å². The summed E-state index contributed by atoms with van der Waals surface area (Å²) in [5.41, 5.74) is 0. The predicted molar refractivity (Wildman–Crippen MR) is 127 cm³/mol. The van der Waals surface area contributed by atoms with E-state index in [1.807, 2.05) is 23.1 Å². The molecule has 0 aromatic heterocycles. The Morgan fingerprint density at radius 2 is 0.966 bits per heavy atom. The smallest absolute Gasteiger partial charge is 0.261 e. The summed E-state index contributed by atoms with van der Waals surface area (Å²) in [4.78, 5) is 15.7. The van der Waals surface area contributed by atoms with E-state index in [0.717, 1.165) is 0 Å². The van der Waals surface area contributed by atoms with Crippen LogP contribution in [0.3, 0.4) is 0 Å². The average Bonchev–Trinajstić information content (AvgIpc) is 2.73. The molecule has 0 atom stereocenters. The van der Waals surface area contributed by atoms with E-state index >= 15 is 0 Å². The molecule has 0 heterocycles. The number of hydrogen-bond donors (Lipinski definition) is 0. The monoisotopic (exact) mass is 404 g/mol. The van der Waals surface area contributed by atoms with Crippen LogP contribution < -0.4 is 15.9 Å². The van der Waals surface area contributed by atoms with Gasteiger partial charge in [-0.2, -0.15) is 0 Å². The van der Waals surface area contributed by atoms with Crippen LogP contribution in [0.4, 0.5) is 0 Å². The molecule has 3 heteroatoms. The maximum atomic E-state index is 13.7. The number of amides is 1. The Labute approximate surface area is 175 Å². The molecule has 0 bridgehead atoms. The molecular weight excluding hydrogens is 373 g/mol. The molecule has 0 spiro atoms. The molecule has 0 aliphatic rings. The number of carbonyl (C=O) groups excluding carboxylic acids is 1. The van der Waals surface area contributed by atoms with E-state index in [-0.39, 0.29) is 18.0 Å². The summed E-state index contributed by atoms with van der Waals surface area (Å²) in [6.07, 6.45) is 0.501. The third-order valence-corrected chi connectivity index (χ3v) is 9.65. The number of hydrogen-bond acceptors (Lipinski definition) is 1. The third kappa shape index (κ3) is 4.43. The summed E-state index contributed by atoms with van der Waals surface area (Å²) in [6, 6.07) is 32.1. The molecule has 0 aliphatic carbocycles. The zero-order valence-electron chi connectivity index (χ0n) is 17.8. The van der Waals surface area contributed by atoms with Crippen molar-refractivity contribution in [2.45, 2.75) is 39.8 Å². The third-order valence-electron chi connectivity index (χ3n) is 5.36. The van der Waals surface area contributed by atoms with Crippen LogP contribution in [0.5, 0.6) is 0 Å². The maximum Gasteiger partial charge on any atom is 0.261 e. The molecule has 3 aromatic rings. The Morgan fingerprint density at radius 1 is 0.655 bits per heavy atom. The average molecular weight is 405 g/mol. The lowest BCUT2D eigenvalue weighted by Crippen LogP contribution is -2.47. The minimum absolute atomic E-state index is 0.173. The van der Waals surface area contributed by atoms with Gasteiger partial charge in [-0.05, 0) is 64.1 Å². The first-order chi connectivity index (χ1) is 14.0. The normalized spacial score (nSPS) is 11.7. The summed E-state index contributed by atoms with van der Waals surface area (Å²) in [5.74, 6) is 0.222. The van der Waals surface area contributed by atoms with Gasteiger partial charge in [0.25, 0.3) is 5.91 Å². The molecular formula is C26H31NOP+. The molecule has 0 N–H and O–H groups in total. The van der Waals surface area contributed by atoms with Crippen LogP contribution in [-0.2, 0) is 4.79 Å². The second-order valence-corrected chi connectivity index (χ2v) is 11.4. The van der Waals surface area contributed by atoms with Gasteiger partial charge in [-0.1, -0.05) is 54.6 Å². The Morgan fingerprint density at radius 3 is 1.24 bits per heavy atom. The van der Waals surface area contributed by atoms with Crippen LogP contribution in [0.15, 0.2) is 91.0 Å². The van der Waals surface area contributed by atoms with Crippen molar-refractivity contribution in [1.82, 2.24) is 4.90 Å². The van der Waals surface area contributed by atoms with Crippen molar-refractivity contribution in [2.24, 2.45) is 0 Å². The summed E-state index contributed by atoms with van der Waals surface area (Å²) >= 11 is 0. The zero-order valence-corrected chi connectivity index (χ0v) is 18.7. The minimum Gasteiger partial charge on any atom is -0.335 e. The van der Waals surface area contributed by atoms with Crippen molar-refractivity contribution in [3.8, 4) is 0 Å². The first-order valence-corrected chi connectivity index (χ1v) is 12.3. The fraction of sp³-hybridized carbons (Fsp3) is 0.269. The Balaban J connectivity index is 2.24. The van der Waals surface area contributed by atoms with Crippen LogP contribution in [0.1, 0.15) is 27.7 Å². The Bertz CT molecular complexity index is 803. The summed E-state index contributed by atoms with van der Waals surface area (Å²) < 4.78 is 0. The molecule has 2 nitrogen and oxygen atoms in total. The van der Waals surface area contributed by atoms with E-state index in [0.29, 0.717) is 6.16 Å². The minimum atomic E-state index is -2.13. The lowest BCUT2D eigenvalue weighted by Gasteiger charge is -2.34. The van der Waals surface area contributed by atoms with Crippen LogP contribution in [0.25, 0.3) is 0 Å². The summed E-state index contributed by atoms with van der Waals surface area (Å²) in [5, 5.41) is 3.75. The van der Waals surface area contributed by atoms with Gasteiger partial charge in [-0.15, -0.1) is 0 Å². The highest BCUT2D eigenvalue weighted by Crippen LogP contribution is 2.55. The second-order valence-electron chi connectivity index (χ2n) is 7.96. The molecule has 0 saturated heterocycles. The van der Waals surface area contributed by atoms with E-state index in [1.165, 1.54) is 15.9 Å². The van der Waals surface area contributed by atoms with Gasteiger partial charge in [0.2, 0.25) is 0 Å². The second kappa shape index (κ2) is 9.37. The van der Waals surface area contributed by atoms with Gasteiger partial charge in [-0.25, -0.2) is 0 Å². The van der Waals surface area contributed by atoms with E-state index in [4.69, 9.17) is 0 Å². The summed E-state index contributed by atoms with van der Waals surface area (Å²) in [6.45, 7) is 8.41. The van der Waals surface area contributed by atoms with Gasteiger partial charge in [-0.3, -0.25) is 4.79 Å². The molecule has 29 heavy (non-hydrogen) atoms. The number of benzene rings is 3. The van der Waals surface area contributed by atoms with E-state index in [2.05, 4.69) is 100 Å². The molecule has 0 aliphatic heterocycles. The van der Waals surface area contributed by atoms with E-state index in [1.54, 1.807) is 0 Å². The number of carbonyl (C=O) groups is 1. The molecule has 0 unspecified atom stereocenters. The highest BCUT2D eigenvalue weighted by atomic mass is 31.2. The Hall–Kier alpha value is -2.44. The first kappa shape index (κ1) is 21.3. The summed E-state index contributed by atoms with van der Waals surface area (Å²) in [7, 11) is -2.13. The van der Waals surface area contributed by atoms with Crippen molar-refractivity contribution in [3.05, 3.63) is 91.0 Å². The van der Waals surface area contributed by atoms with Crippen molar-refractivity contribution in [3.63, 3.8) is 0 Å².